The van der Waals surface area contributed by atoms with Crippen LogP contribution in [0, 0.1) is 0 Å². The minimum absolute atomic E-state index is 0.315. The maximum atomic E-state index is 10.2. The monoisotopic (exact) mass is 138 g/mol. The van der Waals surface area contributed by atoms with Crippen molar-refractivity contribution in [3.05, 3.63) is 23.2 Å². The maximum absolute atomic E-state index is 10.2. The molecule has 3 nitrogen and oxygen atoms in total. The third-order valence-electron chi connectivity index (χ3n) is 1.41. The van der Waals surface area contributed by atoms with Crippen LogP contribution in [0.4, 0.5) is 0 Å². The first kappa shape index (κ1) is 7.24. The van der Waals surface area contributed by atoms with Gasteiger partial charge in [0, 0.05) is 5.57 Å². The number of carbonyl (C=O) groups is 1. The maximum Gasteiger partial charge on any atom is 0.488 e. The van der Waals surface area contributed by atoms with Crippen molar-refractivity contribution in [2.45, 2.75) is 6.42 Å². The molecule has 52 valence electrons. The van der Waals surface area contributed by atoms with Gasteiger partial charge in [0.25, 0.3) is 0 Å². The van der Waals surface area contributed by atoms with Gasteiger partial charge in [0.1, 0.15) is 6.29 Å². The van der Waals surface area contributed by atoms with Crippen molar-refractivity contribution in [3.8, 4) is 0 Å². The van der Waals surface area contributed by atoms with Crippen LogP contribution in [0.5, 0.6) is 0 Å². The molecule has 4 heteroatoms. The molecule has 2 N–H and O–H groups in total. The van der Waals surface area contributed by atoms with Crippen LogP contribution in [0.3, 0.4) is 0 Å². The topological polar surface area (TPSA) is 57.5 Å². The van der Waals surface area contributed by atoms with Gasteiger partial charge in [-0.25, -0.2) is 0 Å². The molecule has 10 heavy (non-hydrogen) atoms. The Morgan fingerprint density at radius 3 is 2.60 bits per heavy atom. The summed E-state index contributed by atoms with van der Waals surface area (Å²) in [7, 11) is -1.51. The van der Waals surface area contributed by atoms with Gasteiger partial charge in [0.05, 0.1) is 0 Å². The molecule has 1 aliphatic rings. The number of carbonyl (C=O) groups excluding carboxylic acids is 1. The molecule has 0 fully saturated rings. The highest BCUT2D eigenvalue weighted by Crippen LogP contribution is 2.17. The Hall–Kier alpha value is -0.865. The van der Waals surface area contributed by atoms with Crippen molar-refractivity contribution >= 4 is 13.4 Å². The highest BCUT2D eigenvalue weighted by molar-refractivity contribution is 6.53. The van der Waals surface area contributed by atoms with E-state index in [2.05, 4.69) is 0 Å². The van der Waals surface area contributed by atoms with Crippen molar-refractivity contribution in [1.82, 2.24) is 0 Å². The van der Waals surface area contributed by atoms with Crippen molar-refractivity contribution < 1.29 is 14.8 Å². The Labute approximate surface area is 58.8 Å². The first-order valence-electron chi connectivity index (χ1n) is 2.97. The molecular formula is C6H7BO3. The van der Waals surface area contributed by atoms with E-state index in [-0.39, 0.29) is 0 Å². The summed E-state index contributed by atoms with van der Waals surface area (Å²) in [5.41, 5.74) is 0.699. The second-order valence-corrected chi connectivity index (χ2v) is 2.05. The van der Waals surface area contributed by atoms with Crippen LogP contribution in [-0.2, 0) is 4.79 Å². The highest BCUT2D eigenvalue weighted by atomic mass is 16.4. The number of hydrogen-bond donors (Lipinski definition) is 2. The van der Waals surface area contributed by atoms with Crippen LogP contribution in [-0.4, -0.2) is 23.5 Å². The summed E-state index contributed by atoms with van der Waals surface area (Å²) in [6, 6.07) is 0. The lowest BCUT2D eigenvalue weighted by atomic mass is 9.76. The summed E-state index contributed by atoms with van der Waals surface area (Å²) in [4.78, 5) is 10.2. The zero-order valence-electron chi connectivity index (χ0n) is 5.32. The van der Waals surface area contributed by atoms with Gasteiger partial charge in [-0.3, -0.25) is 4.79 Å². The molecule has 0 aromatic heterocycles. The van der Waals surface area contributed by atoms with Crippen LogP contribution >= 0.6 is 0 Å². The Balaban J connectivity index is 2.79. The van der Waals surface area contributed by atoms with E-state index in [0.717, 1.165) is 0 Å². The molecule has 0 aliphatic heterocycles. The van der Waals surface area contributed by atoms with Gasteiger partial charge in [-0.05, 0) is 11.9 Å². The zero-order chi connectivity index (χ0) is 7.56. The molecule has 1 rings (SSSR count). The lowest BCUT2D eigenvalue weighted by Gasteiger charge is -1.98. The number of aldehydes is 1. The summed E-state index contributed by atoms with van der Waals surface area (Å²) in [6.07, 6.45) is 4.51. The Morgan fingerprint density at radius 2 is 2.20 bits per heavy atom. The third kappa shape index (κ3) is 1.17. The molecule has 0 heterocycles. The van der Waals surface area contributed by atoms with E-state index in [1.165, 1.54) is 0 Å². The summed E-state index contributed by atoms with van der Waals surface area (Å²) in [6.45, 7) is 0. The molecule has 1 aliphatic carbocycles. The van der Waals surface area contributed by atoms with Crippen molar-refractivity contribution in [2.75, 3.05) is 0 Å². The molecule has 0 amide bonds. The normalized spacial score (nSPS) is 16.2. The van der Waals surface area contributed by atoms with Crippen LogP contribution in [0.15, 0.2) is 23.2 Å². The molecule has 0 unspecified atom stereocenters. The number of allylic oxidation sites excluding steroid dienone is 4. The Kier molecular flexibility index (Phi) is 2.04. The predicted molar refractivity (Wildman–Crippen MR) is 37.0 cm³/mol. The molecule has 0 spiro atoms. The predicted octanol–water partition coefficient (Wildman–Crippen LogP) is -0.546. The second-order valence-electron chi connectivity index (χ2n) is 2.05. The fourth-order valence-corrected chi connectivity index (χ4v) is 0.919. The number of hydrogen-bond acceptors (Lipinski definition) is 3. The molecule has 0 saturated heterocycles. The smallest absolute Gasteiger partial charge is 0.423 e. The van der Waals surface area contributed by atoms with E-state index < -0.39 is 7.12 Å². The van der Waals surface area contributed by atoms with Crippen molar-refractivity contribution in [1.29, 1.82) is 0 Å². The van der Waals surface area contributed by atoms with E-state index in [0.29, 0.717) is 23.8 Å². The fourth-order valence-electron chi connectivity index (χ4n) is 0.919. The molecule has 0 radical (unpaired) electrons. The fraction of sp³-hybridized carbons (Fsp3) is 0.167. The largest absolute Gasteiger partial charge is 0.488 e. The molecule has 0 aromatic carbocycles. The summed E-state index contributed by atoms with van der Waals surface area (Å²) in [5.74, 6) is 0. The molecule has 0 saturated carbocycles. The van der Waals surface area contributed by atoms with E-state index in [4.69, 9.17) is 10.0 Å². The SMILES string of the molecule is O=CC1=CCC=C1B(O)O. The number of rotatable bonds is 2. The van der Waals surface area contributed by atoms with Gasteiger partial charge in [-0.2, -0.15) is 0 Å². The van der Waals surface area contributed by atoms with Crippen molar-refractivity contribution in [2.24, 2.45) is 0 Å². The van der Waals surface area contributed by atoms with Crippen LogP contribution < -0.4 is 0 Å². The Bertz CT molecular complexity index is 205. The summed E-state index contributed by atoms with van der Waals surface area (Å²) < 4.78 is 0. The summed E-state index contributed by atoms with van der Waals surface area (Å²) in [5, 5.41) is 17.3. The molecule has 0 atom stereocenters. The van der Waals surface area contributed by atoms with Gasteiger partial charge >= 0.3 is 7.12 Å². The van der Waals surface area contributed by atoms with Crippen LogP contribution in [0.1, 0.15) is 6.42 Å². The summed E-state index contributed by atoms with van der Waals surface area (Å²) >= 11 is 0. The lowest BCUT2D eigenvalue weighted by Crippen LogP contribution is -2.16. The zero-order valence-corrected chi connectivity index (χ0v) is 5.32. The van der Waals surface area contributed by atoms with Gasteiger partial charge in [0.2, 0.25) is 0 Å². The standard InChI is InChI=1S/C6H7BO3/c8-4-5-2-1-3-6(5)7(9)10/h2-4,9-10H,1H2. The minimum atomic E-state index is -1.51. The van der Waals surface area contributed by atoms with E-state index in [9.17, 15) is 4.79 Å². The van der Waals surface area contributed by atoms with Gasteiger partial charge in [0.15, 0.2) is 0 Å². The third-order valence-corrected chi connectivity index (χ3v) is 1.41. The molecular weight excluding hydrogens is 131 g/mol. The van der Waals surface area contributed by atoms with Crippen LogP contribution in [0.25, 0.3) is 0 Å². The quantitative estimate of drug-likeness (QED) is 0.397. The average Bonchev–Trinajstić information content (AvgIpc) is 2.33. The van der Waals surface area contributed by atoms with Gasteiger partial charge in [-0.15, -0.1) is 0 Å². The lowest BCUT2D eigenvalue weighted by molar-refractivity contribution is -0.104. The van der Waals surface area contributed by atoms with Crippen LogP contribution in [0.2, 0.25) is 0 Å². The van der Waals surface area contributed by atoms with E-state index in [1.54, 1.807) is 12.2 Å². The second kappa shape index (κ2) is 2.81. The first-order valence-corrected chi connectivity index (χ1v) is 2.97. The molecule has 0 aromatic rings. The highest BCUT2D eigenvalue weighted by Gasteiger charge is 2.20. The average molecular weight is 138 g/mol. The van der Waals surface area contributed by atoms with E-state index >= 15 is 0 Å². The van der Waals surface area contributed by atoms with Crippen molar-refractivity contribution in [3.63, 3.8) is 0 Å². The Morgan fingerprint density at radius 1 is 1.50 bits per heavy atom. The van der Waals surface area contributed by atoms with Gasteiger partial charge in [-0.1, -0.05) is 12.2 Å². The van der Waals surface area contributed by atoms with Gasteiger partial charge < -0.3 is 10.0 Å². The minimum Gasteiger partial charge on any atom is -0.423 e. The van der Waals surface area contributed by atoms with E-state index in [1.807, 2.05) is 0 Å². The first-order chi connectivity index (χ1) is 4.75. The molecule has 0 bridgehead atoms.